The Bertz CT molecular complexity index is 429. The molecule has 0 bridgehead atoms. The molecule has 0 aromatic heterocycles. The fourth-order valence-electron chi connectivity index (χ4n) is 2.00. The van der Waals surface area contributed by atoms with Crippen LogP contribution in [0.5, 0.6) is 0 Å². The summed E-state index contributed by atoms with van der Waals surface area (Å²) in [6.07, 6.45) is 2.24. The monoisotopic (exact) mass is 282 g/mol. The van der Waals surface area contributed by atoms with E-state index in [0.717, 1.165) is 23.0 Å². The third-order valence-electron chi connectivity index (χ3n) is 2.68. The number of carbonyl (C=O) groups excluding carboxylic acids is 1. The second-order valence-electron chi connectivity index (χ2n) is 4.34. The van der Waals surface area contributed by atoms with Crippen LogP contribution in [0.2, 0.25) is 0 Å². The molecule has 3 N–H and O–H groups in total. The van der Waals surface area contributed by atoms with Crippen molar-refractivity contribution in [2.75, 3.05) is 5.32 Å². The van der Waals surface area contributed by atoms with Crippen molar-refractivity contribution in [2.24, 2.45) is 5.73 Å². The van der Waals surface area contributed by atoms with E-state index in [2.05, 4.69) is 27.3 Å². The minimum absolute atomic E-state index is 0.0909. The molecule has 1 aromatic carbocycles. The number of benzene rings is 1. The number of aryl methyl sites for hydroxylation is 1. The number of fused-ring (bicyclic) bond motifs is 1. The van der Waals surface area contributed by atoms with Crippen molar-refractivity contribution in [1.82, 2.24) is 0 Å². The zero-order valence-corrected chi connectivity index (χ0v) is 10.8. The van der Waals surface area contributed by atoms with E-state index in [1.165, 1.54) is 11.1 Å². The highest BCUT2D eigenvalue weighted by molar-refractivity contribution is 9.10. The number of carbonyl (C=O) groups is 1. The standard InChI is InChI=1S/C12H15BrN2O/c1-7(14)4-8-5-9-2-3-11(16)15-12(9)10(13)6-8/h5-7H,2-4,14H2,1H3,(H,15,16). The predicted molar refractivity (Wildman–Crippen MR) is 68.4 cm³/mol. The van der Waals surface area contributed by atoms with Crippen molar-refractivity contribution in [2.45, 2.75) is 32.2 Å². The number of nitrogens with two attached hydrogens (primary N) is 1. The van der Waals surface area contributed by atoms with Crippen molar-refractivity contribution in [3.63, 3.8) is 0 Å². The average Bonchev–Trinajstić information content (AvgIpc) is 2.18. The van der Waals surface area contributed by atoms with E-state index in [0.29, 0.717) is 6.42 Å². The van der Waals surface area contributed by atoms with Gasteiger partial charge in [0, 0.05) is 16.9 Å². The van der Waals surface area contributed by atoms with E-state index in [1.807, 2.05) is 13.0 Å². The molecule has 16 heavy (non-hydrogen) atoms. The molecule has 3 nitrogen and oxygen atoms in total. The van der Waals surface area contributed by atoms with Crippen molar-refractivity contribution in [1.29, 1.82) is 0 Å². The van der Waals surface area contributed by atoms with Gasteiger partial charge in [-0.15, -0.1) is 0 Å². The zero-order valence-electron chi connectivity index (χ0n) is 9.22. The molecule has 1 atom stereocenters. The maximum absolute atomic E-state index is 11.3. The lowest BCUT2D eigenvalue weighted by atomic mass is 9.98. The van der Waals surface area contributed by atoms with Gasteiger partial charge in [-0.3, -0.25) is 4.79 Å². The molecule has 2 rings (SSSR count). The minimum atomic E-state index is 0.0909. The number of hydrogen-bond acceptors (Lipinski definition) is 2. The van der Waals surface area contributed by atoms with E-state index in [1.54, 1.807) is 0 Å². The van der Waals surface area contributed by atoms with Crippen LogP contribution in [0.3, 0.4) is 0 Å². The van der Waals surface area contributed by atoms with E-state index >= 15 is 0 Å². The first-order chi connectivity index (χ1) is 7.56. The SMILES string of the molecule is CC(N)Cc1cc(Br)c2c(c1)CCC(=O)N2. The van der Waals surface area contributed by atoms with Gasteiger partial charge < -0.3 is 11.1 Å². The van der Waals surface area contributed by atoms with Crippen LogP contribution < -0.4 is 11.1 Å². The molecule has 1 aliphatic rings. The van der Waals surface area contributed by atoms with Gasteiger partial charge in [-0.1, -0.05) is 6.07 Å². The Morgan fingerprint density at radius 2 is 2.25 bits per heavy atom. The Kier molecular flexibility index (Phi) is 3.30. The van der Waals surface area contributed by atoms with E-state index in [9.17, 15) is 4.79 Å². The van der Waals surface area contributed by atoms with Crippen LogP contribution in [0.1, 0.15) is 24.5 Å². The third-order valence-corrected chi connectivity index (χ3v) is 3.30. The molecular formula is C12H15BrN2O. The average molecular weight is 283 g/mol. The molecule has 86 valence electrons. The van der Waals surface area contributed by atoms with Crippen LogP contribution in [-0.2, 0) is 17.6 Å². The Morgan fingerprint density at radius 3 is 2.94 bits per heavy atom. The molecule has 1 aliphatic heterocycles. The van der Waals surface area contributed by atoms with Crippen LogP contribution in [0.15, 0.2) is 16.6 Å². The summed E-state index contributed by atoms with van der Waals surface area (Å²) in [5.74, 6) is 0.0909. The summed E-state index contributed by atoms with van der Waals surface area (Å²) in [4.78, 5) is 11.3. The molecular weight excluding hydrogens is 268 g/mol. The molecule has 0 saturated carbocycles. The summed E-state index contributed by atoms with van der Waals surface area (Å²) in [6, 6.07) is 4.33. The van der Waals surface area contributed by atoms with E-state index in [-0.39, 0.29) is 11.9 Å². The Balaban J connectivity index is 2.34. The fourth-order valence-corrected chi connectivity index (χ4v) is 2.65. The molecule has 1 amide bonds. The molecule has 0 saturated heterocycles. The molecule has 4 heteroatoms. The minimum Gasteiger partial charge on any atom is -0.328 e. The predicted octanol–water partition coefficient (Wildman–Crippen LogP) is 2.22. The summed E-state index contributed by atoms with van der Waals surface area (Å²) in [5.41, 5.74) is 9.13. The summed E-state index contributed by atoms with van der Waals surface area (Å²) >= 11 is 3.49. The van der Waals surface area contributed by atoms with Crippen molar-refractivity contribution in [3.05, 3.63) is 27.7 Å². The fraction of sp³-hybridized carbons (Fsp3) is 0.417. The summed E-state index contributed by atoms with van der Waals surface area (Å²) in [7, 11) is 0. The van der Waals surface area contributed by atoms with Crippen LogP contribution >= 0.6 is 15.9 Å². The molecule has 1 aromatic rings. The first-order valence-corrected chi connectivity index (χ1v) is 6.22. The molecule has 0 spiro atoms. The highest BCUT2D eigenvalue weighted by atomic mass is 79.9. The van der Waals surface area contributed by atoms with Gasteiger partial charge in [0.1, 0.15) is 0 Å². The number of halogens is 1. The topological polar surface area (TPSA) is 55.1 Å². The Labute approximate surface area is 104 Å². The molecule has 0 radical (unpaired) electrons. The van der Waals surface area contributed by atoms with Gasteiger partial charge in [0.2, 0.25) is 5.91 Å². The first kappa shape index (κ1) is 11.6. The molecule has 1 heterocycles. The van der Waals surface area contributed by atoms with Gasteiger partial charge in [-0.05, 0) is 52.9 Å². The second-order valence-corrected chi connectivity index (χ2v) is 5.20. The largest absolute Gasteiger partial charge is 0.328 e. The maximum Gasteiger partial charge on any atom is 0.224 e. The third kappa shape index (κ3) is 2.44. The normalized spacial score (nSPS) is 16.6. The molecule has 0 fully saturated rings. The lowest BCUT2D eigenvalue weighted by molar-refractivity contribution is -0.116. The summed E-state index contributed by atoms with van der Waals surface area (Å²) < 4.78 is 0.953. The van der Waals surface area contributed by atoms with Crippen LogP contribution in [0.25, 0.3) is 0 Å². The highest BCUT2D eigenvalue weighted by Gasteiger charge is 2.18. The van der Waals surface area contributed by atoms with E-state index < -0.39 is 0 Å². The second kappa shape index (κ2) is 4.55. The summed E-state index contributed by atoms with van der Waals surface area (Å²) in [6.45, 7) is 2.00. The Hall–Kier alpha value is -0.870. The van der Waals surface area contributed by atoms with Gasteiger partial charge >= 0.3 is 0 Å². The lowest BCUT2D eigenvalue weighted by Gasteiger charge is -2.20. The van der Waals surface area contributed by atoms with Crippen LogP contribution in [-0.4, -0.2) is 11.9 Å². The number of amides is 1. The Morgan fingerprint density at radius 1 is 1.50 bits per heavy atom. The van der Waals surface area contributed by atoms with Crippen molar-refractivity contribution >= 4 is 27.5 Å². The zero-order chi connectivity index (χ0) is 11.7. The maximum atomic E-state index is 11.3. The highest BCUT2D eigenvalue weighted by Crippen LogP contribution is 2.32. The van der Waals surface area contributed by atoms with Gasteiger partial charge in [-0.2, -0.15) is 0 Å². The molecule has 0 aliphatic carbocycles. The molecule has 1 unspecified atom stereocenters. The van der Waals surface area contributed by atoms with E-state index in [4.69, 9.17) is 5.73 Å². The van der Waals surface area contributed by atoms with Crippen molar-refractivity contribution < 1.29 is 4.79 Å². The quantitative estimate of drug-likeness (QED) is 0.874. The van der Waals surface area contributed by atoms with Gasteiger partial charge in [0.05, 0.1) is 5.69 Å². The first-order valence-electron chi connectivity index (χ1n) is 5.43. The smallest absolute Gasteiger partial charge is 0.224 e. The number of nitrogens with one attached hydrogen (secondary N) is 1. The van der Waals surface area contributed by atoms with Gasteiger partial charge in [0.25, 0.3) is 0 Å². The van der Waals surface area contributed by atoms with Gasteiger partial charge in [-0.25, -0.2) is 0 Å². The van der Waals surface area contributed by atoms with Crippen LogP contribution in [0.4, 0.5) is 5.69 Å². The van der Waals surface area contributed by atoms with Gasteiger partial charge in [0.15, 0.2) is 0 Å². The lowest BCUT2D eigenvalue weighted by Crippen LogP contribution is -2.21. The summed E-state index contributed by atoms with van der Waals surface area (Å²) in [5, 5.41) is 2.89. The number of rotatable bonds is 2. The van der Waals surface area contributed by atoms with Crippen molar-refractivity contribution in [3.8, 4) is 0 Å². The number of anilines is 1. The number of hydrogen-bond donors (Lipinski definition) is 2. The van der Waals surface area contributed by atoms with Crippen LogP contribution in [0, 0.1) is 0 Å².